The van der Waals surface area contributed by atoms with E-state index in [-0.39, 0.29) is 17.8 Å². The van der Waals surface area contributed by atoms with Gasteiger partial charge in [0.1, 0.15) is 0 Å². The minimum absolute atomic E-state index is 0.00147. The number of furan rings is 1. The van der Waals surface area contributed by atoms with Gasteiger partial charge >= 0.3 is 6.01 Å². The van der Waals surface area contributed by atoms with Gasteiger partial charge in [-0.15, -0.1) is 16.4 Å². The summed E-state index contributed by atoms with van der Waals surface area (Å²) in [6, 6.07) is 13.2. The molecular weight excluding hydrogens is 400 g/mol. The first-order valence-electron chi connectivity index (χ1n) is 9.23. The van der Waals surface area contributed by atoms with Crippen molar-refractivity contribution >= 4 is 34.2 Å². The van der Waals surface area contributed by atoms with Gasteiger partial charge in [-0.3, -0.25) is 10.1 Å². The first-order valence-corrected chi connectivity index (χ1v) is 10.1. The lowest BCUT2D eigenvalue weighted by molar-refractivity contribution is 0.102. The van der Waals surface area contributed by atoms with E-state index in [4.69, 9.17) is 13.8 Å². The fourth-order valence-electron chi connectivity index (χ4n) is 3.36. The molecule has 4 aromatic heterocycles. The molecule has 0 saturated carbocycles. The Kier molecular flexibility index (Phi) is 4.40. The molecule has 0 aliphatic carbocycles. The standard InChI is InChI=1S/C22H16N4O3S/c1-12-9-13(2)19-14(10-12)15(11-16(23-19)18-6-4-8-30-18)20(27)24-22-26-25-21(29-22)17-5-3-7-28-17/h3-11H,1-2H3,(H,24,26,27). The summed E-state index contributed by atoms with van der Waals surface area (Å²) in [6.07, 6.45) is 1.51. The third-order valence-electron chi connectivity index (χ3n) is 4.64. The number of nitrogens with zero attached hydrogens (tertiary/aromatic N) is 3. The number of rotatable bonds is 4. The number of fused-ring (bicyclic) bond motifs is 1. The number of carbonyl (C=O) groups excluding carboxylic acids is 1. The lowest BCUT2D eigenvalue weighted by Gasteiger charge is -2.11. The zero-order valence-electron chi connectivity index (χ0n) is 16.2. The molecule has 1 N–H and O–H groups in total. The van der Waals surface area contributed by atoms with Crippen LogP contribution in [0.15, 0.2) is 62.9 Å². The van der Waals surface area contributed by atoms with Gasteiger partial charge in [-0.1, -0.05) is 22.8 Å². The zero-order chi connectivity index (χ0) is 20.7. The number of carbonyl (C=O) groups is 1. The molecule has 0 unspecified atom stereocenters. The van der Waals surface area contributed by atoms with Crippen molar-refractivity contribution in [2.24, 2.45) is 0 Å². The number of anilines is 1. The highest BCUT2D eigenvalue weighted by atomic mass is 32.1. The largest absolute Gasteiger partial charge is 0.459 e. The monoisotopic (exact) mass is 416 g/mol. The van der Waals surface area contributed by atoms with Crippen molar-refractivity contribution in [3.8, 4) is 22.2 Å². The van der Waals surface area contributed by atoms with Crippen LogP contribution in [0.4, 0.5) is 6.01 Å². The molecule has 0 saturated heterocycles. The molecule has 8 heteroatoms. The Morgan fingerprint density at radius 3 is 2.77 bits per heavy atom. The zero-order valence-corrected chi connectivity index (χ0v) is 17.0. The Morgan fingerprint density at radius 1 is 1.10 bits per heavy atom. The van der Waals surface area contributed by atoms with E-state index in [9.17, 15) is 4.79 Å². The van der Waals surface area contributed by atoms with Crippen molar-refractivity contribution in [2.75, 3.05) is 5.32 Å². The maximum atomic E-state index is 13.2. The van der Waals surface area contributed by atoms with Crippen molar-refractivity contribution in [1.29, 1.82) is 0 Å². The SMILES string of the molecule is Cc1cc(C)c2nc(-c3cccs3)cc(C(=O)Nc3nnc(-c4ccco4)o3)c2c1. The van der Waals surface area contributed by atoms with Crippen molar-refractivity contribution in [3.63, 3.8) is 0 Å². The molecule has 1 amide bonds. The normalized spacial score (nSPS) is 11.1. The molecule has 0 spiro atoms. The Hall–Kier alpha value is -3.78. The number of amides is 1. The van der Waals surface area contributed by atoms with Crippen LogP contribution in [0.1, 0.15) is 21.5 Å². The highest BCUT2D eigenvalue weighted by Gasteiger charge is 2.19. The number of nitrogens with one attached hydrogen (secondary N) is 1. The van der Waals surface area contributed by atoms with Crippen LogP contribution in [0.5, 0.6) is 0 Å². The van der Waals surface area contributed by atoms with Gasteiger partial charge in [0.25, 0.3) is 11.8 Å². The van der Waals surface area contributed by atoms with Gasteiger partial charge in [-0.25, -0.2) is 4.98 Å². The van der Waals surface area contributed by atoms with Gasteiger partial charge < -0.3 is 8.83 Å². The summed E-state index contributed by atoms with van der Waals surface area (Å²) in [5.41, 5.74) is 4.09. The second-order valence-electron chi connectivity index (χ2n) is 6.85. The average molecular weight is 416 g/mol. The Bertz CT molecular complexity index is 1360. The summed E-state index contributed by atoms with van der Waals surface area (Å²) < 4.78 is 10.8. The molecule has 4 heterocycles. The number of benzene rings is 1. The van der Waals surface area contributed by atoms with Crippen LogP contribution in [0.2, 0.25) is 0 Å². The summed E-state index contributed by atoms with van der Waals surface area (Å²) in [5.74, 6) is 0.282. The van der Waals surface area contributed by atoms with E-state index in [1.165, 1.54) is 6.26 Å². The molecule has 0 radical (unpaired) electrons. The molecule has 0 aliphatic rings. The van der Waals surface area contributed by atoms with E-state index in [0.29, 0.717) is 11.3 Å². The molecule has 30 heavy (non-hydrogen) atoms. The summed E-state index contributed by atoms with van der Waals surface area (Å²) in [5, 5.41) is 13.3. The number of aryl methyl sites for hydroxylation is 2. The van der Waals surface area contributed by atoms with Crippen molar-refractivity contribution < 1.29 is 13.6 Å². The van der Waals surface area contributed by atoms with Crippen LogP contribution < -0.4 is 5.32 Å². The number of hydrogen-bond acceptors (Lipinski definition) is 7. The Labute approximate surface area is 175 Å². The lowest BCUT2D eigenvalue weighted by Crippen LogP contribution is -2.13. The molecule has 5 aromatic rings. The minimum Gasteiger partial charge on any atom is -0.459 e. The van der Waals surface area contributed by atoms with Gasteiger partial charge in [-0.05, 0) is 55.1 Å². The van der Waals surface area contributed by atoms with Crippen LogP contribution in [-0.2, 0) is 0 Å². The predicted molar refractivity (Wildman–Crippen MR) is 114 cm³/mol. The molecule has 5 rings (SSSR count). The second-order valence-corrected chi connectivity index (χ2v) is 7.80. The van der Waals surface area contributed by atoms with E-state index < -0.39 is 0 Å². The minimum atomic E-state index is -0.347. The summed E-state index contributed by atoms with van der Waals surface area (Å²) in [7, 11) is 0. The molecule has 0 atom stereocenters. The molecular formula is C22H16N4O3S. The Balaban J connectivity index is 1.57. The predicted octanol–water partition coefficient (Wildman–Crippen LogP) is 5.48. The fraction of sp³-hybridized carbons (Fsp3) is 0.0909. The lowest BCUT2D eigenvalue weighted by atomic mass is 10.0. The van der Waals surface area contributed by atoms with Crippen LogP contribution in [0.3, 0.4) is 0 Å². The molecule has 148 valence electrons. The molecule has 0 fully saturated rings. The van der Waals surface area contributed by atoms with E-state index in [2.05, 4.69) is 21.6 Å². The first-order chi connectivity index (χ1) is 14.6. The maximum absolute atomic E-state index is 13.2. The van der Waals surface area contributed by atoms with Gasteiger partial charge in [0.05, 0.1) is 27.9 Å². The number of hydrogen-bond donors (Lipinski definition) is 1. The van der Waals surface area contributed by atoms with E-state index >= 15 is 0 Å². The fourth-order valence-corrected chi connectivity index (χ4v) is 4.04. The van der Waals surface area contributed by atoms with Crippen LogP contribution in [0.25, 0.3) is 33.1 Å². The summed E-state index contributed by atoms with van der Waals surface area (Å²) in [6.45, 7) is 3.99. The van der Waals surface area contributed by atoms with Crippen molar-refractivity contribution in [2.45, 2.75) is 13.8 Å². The van der Waals surface area contributed by atoms with Gasteiger partial charge in [0.15, 0.2) is 5.76 Å². The smallest absolute Gasteiger partial charge is 0.322 e. The summed E-state index contributed by atoms with van der Waals surface area (Å²) >= 11 is 1.57. The highest BCUT2D eigenvalue weighted by Crippen LogP contribution is 2.30. The van der Waals surface area contributed by atoms with Crippen LogP contribution in [0, 0.1) is 13.8 Å². The van der Waals surface area contributed by atoms with Gasteiger partial charge in [0.2, 0.25) is 0 Å². The highest BCUT2D eigenvalue weighted by molar-refractivity contribution is 7.13. The van der Waals surface area contributed by atoms with E-state index in [0.717, 1.165) is 32.6 Å². The second kappa shape index (κ2) is 7.23. The van der Waals surface area contributed by atoms with Gasteiger partial charge in [-0.2, -0.15) is 0 Å². The van der Waals surface area contributed by atoms with Gasteiger partial charge in [0, 0.05) is 5.39 Å². The first kappa shape index (κ1) is 18.3. The van der Waals surface area contributed by atoms with Crippen molar-refractivity contribution in [1.82, 2.24) is 15.2 Å². The van der Waals surface area contributed by atoms with Crippen LogP contribution in [-0.4, -0.2) is 21.1 Å². The Morgan fingerprint density at radius 2 is 2.00 bits per heavy atom. The number of pyridine rings is 1. The topological polar surface area (TPSA) is 94.1 Å². The molecule has 7 nitrogen and oxygen atoms in total. The van der Waals surface area contributed by atoms with Crippen molar-refractivity contribution in [3.05, 3.63) is 70.8 Å². The van der Waals surface area contributed by atoms with Crippen LogP contribution >= 0.6 is 11.3 Å². The average Bonchev–Trinajstić information content (AvgIpc) is 3.49. The van der Waals surface area contributed by atoms with E-state index in [1.54, 1.807) is 29.5 Å². The van der Waals surface area contributed by atoms with E-state index in [1.807, 2.05) is 37.4 Å². The maximum Gasteiger partial charge on any atom is 0.322 e. The molecule has 0 bridgehead atoms. The third kappa shape index (κ3) is 3.27. The number of thiophene rings is 1. The third-order valence-corrected chi connectivity index (χ3v) is 5.54. The molecule has 1 aromatic carbocycles. The summed E-state index contributed by atoms with van der Waals surface area (Å²) in [4.78, 5) is 19.0. The quantitative estimate of drug-likeness (QED) is 0.417. The molecule has 0 aliphatic heterocycles. The number of aromatic nitrogens is 3.